The molecule has 2 aromatic carbocycles. The van der Waals surface area contributed by atoms with Gasteiger partial charge in [-0.1, -0.05) is 0 Å². The molecule has 0 amide bonds. The predicted molar refractivity (Wildman–Crippen MR) is 114 cm³/mol. The molecule has 162 valence electrons. The van der Waals surface area contributed by atoms with Crippen molar-refractivity contribution in [2.24, 2.45) is 0 Å². The highest BCUT2D eigenvalue weighted by Crippen LogP contribution is 2.23. The fourth-order valence-corrected chi connectivity index (χ4v) is 4.07. The Kier molecular flexibility index (Phi) is 6.88. The summed E-state index contributed by atoms with van der Waals surface area (Å²) in [5.41, 5.74) is 1.40. The Morgan fingerprint density at radius 2 is 1.71 bits per heavy atom. The van der Waals surface area contributed by atoms with E-state index in [1.54, 1.807) is 56.6 Å². The summed E-state index contributed by atoms with van der Waals surface area (Å²) in [5.74, 6) is 1.09. The lowest BCUT2D eigenvalue weighted by molar-refractivity contribution is 0.0600. The Bertz CT molecular complexity index is 1180. The maximum atomic E-state index is 12.7. The number of nitrogens with zero attached hydrogens (tertiary/aromatic N) is 1. The summed E-state index contributed by atoms with van der Waals surface area (Å²) in [6.45, 7) is 1.66. The van der Waals surface area contributed by atoms with Crippen LogP contribution in [-0.4, -0.2) is 33.6 Å². The molecular formula is C22H22N2O6S. The topological polar surface area (TPSA) is 104 Å². The smallest absolute Gasteiger partial charge is 0.337 e. The molecule has 0 aliphatic heterocycles. The van der Waals surface area contributed by atoms with Crippen LogP contribution >= 0.6 is 0 Å². The molecule has 0 aliphatic rings. The van der Waals surface area contributed by atoms with E-state index in [4.69, 9.17) is 9.47 Å². The van der Waals surface area contributed by atoms with E-state index in [2.05, 4.69) is 14.4 Å². The van der Waals surface area contributed by atoms with Crippen molar-refractivity contribution in [3.8, 4) is 17.4 Å². The summed E-state index contributed by atoms with van der Waals surface area (Å²) in [6, 6.07) is 14.6. The Hall–Kier alpha value is -3.43. The lowest BCUT2D eigenvalue weighted by atomic mass is 10.1. The number of pyridine rings is 1. The number of sulfonamides is 1. The van der Waals surface area contributed by atoms with E-state index < -0.39 is 16.0 Å². The Morgan fingerprint density at radius 1 is 1.00 bits per heavy atom. The third kappa shape index (κ3) is 5.59. The molecule has 0 saturated heterocycles. The van der Waals surface area contributed by atoms with Crippen molar-refractivity contribution in [2.45, 2.75) is 18.4 Å². The second-order valence-electron chi connectivity index (χ2n) is 6.58. The molecule has 3 aromatic rings. The molecule has 0 atom stereocenters. The molecule has 0 aliphatic carbocycles. The number of ether oxygens (including phenoxy) is 3. The van der Waals surface area contributed by atoms with Crippen LogP contribution in [0, 0.1) is 6.92 Å². The molecule has 1 heterocycles. The monoisotopic (exact) mass is 442 g/mol. The first-order valence-corrected chi connectivity index (χ1v) is 10.8. The van der Waals surface area contributed by atoms with E-state index in [0.717, 1.165) is 0 Å². The minimum absolute atomic E-state index is 0.0437. The summed E-state index contributed by atoms with van der Waals surface area (Å²) in [6.07, 6.45) is 1.54. The standard InChI is InChI=1S/C22H22N2O6S/c1-15-12-17(22(25)29-3)4-9-20(15)31(26,27)24-14-16-10-11-23-21(13-16)30-19-7-5-18(28-2)6-8-19/h4-13,24H,14H2,1-3H3. The van der Waals surface area contributed by atoms with Gasteiger partial charge in [-0.05, 0) is 66.6 Å². The largest absolute Gasteiger partial charge is 0.497 e. The second-order valence-corrected chi connectivity index (χ2v) is 8.31. The zero-order chi connectivity index (χ0) is 22.4. The maximum absolute atomic E-state index is 12.7. The predicted octanol–water partition coefficient (Wildman–Crippen LogP) is 3.46. The number of hydrogen-bond donors (Lipinski definition) is 1. The second kappa shape index (κ2) is 9.59. The van der Waals surface area contributed by atoms with Gasteiger partial charge in [-0.3, -0.25) is 0 Å². The van der Waals surface area contributed by atoms with Gasteiger partial charge in [0.15, 0.2) is 0 Å². The molecule has 31 heavy (non-hydrogen) atoms. The van der Waals surface area contributed by atoms with Crippen LogP contribution in [0.5, 0.6) is 17.4 Å². The van der Waals surface area contributed by atoms with Crippen LogP contribution in [0.1, 0.15) is 21.5 Å². The van der Waals surface area contributed by atoms with Crippen LogP contribution in [0.25, 0.3) is 0 Å². The highest BCUT2D eigenvalue weighted by molar-refractivity contribution is 7.89. The maximum Gasteiger partial charge on any atom is 0.337 e. The number of aryl methyl sites for hydroxylation is 1. The van der Waals surface area contributed by atoms with Gasteiger partial charge < -0.3 is 14.2 Å². The van der Waals surface area contributed by atoms with Crippen molar-refractivity contribution in [3.05, 3.63) is 77.5 Å². The molecule has 8 nitrogen and oxygen atoms in total. The molecule has 1 aromatic heterocycles. The summed E-state index contributed by atoms with van der Waals surface area (Å²) in [5, 5.41) is 0. The van der Waals surface area contributed by atoms with Gasteiger partial charge in [0.2, 0.25) is 15.9 Å². The molecule has 1 N–H and O–H groups in total. The number of rotatable bonds is 8. The van der Waals surface area contributed by atoms with Crippen LogP contribution in [0.3, 0.4) is 0 Å². The fraction of sp³-hybridized carbons (Fsp3) is 0.182. The van der Waals surface area contributed by atoms with Crippen LogP contribution in [-0.2, 0) is 21.3 Å². The number of hydrogen-bond acceptors (Lipinski definition) is 7. The van der Waals surface area contributed by atoms with E-state index in [-0.39, 0.29) is 17.0 Å². The Balaban J connectivity index is 1.70. The van der Waals surface area contributed by atoms with E-state index in [1.807, 2.05) is 0 Å². The van der Waals surface area contributed by atoms with Crippen LogP contribution < -0.4 is 14.2 Å². The number of methoxy groups -OCH3 is 2. The number of nitrogens with one attached hydrogen (secondary N) is 1. The van der Waals surface area contributed by atoms with Gasteiger partial charge in [-0.15, -0.1) is 0 Å². The first-order chi connectivity index (χ1) is 14.8. The highest BCUT2D eigenvalue weighted by Gasteiger charge is 2.18. The summed E-state index contributed by atoms with van der Waals surface area (Å²) < 4.78 is 43.5. The highest BCUT2D eigenvalue weighted by atomic mass is 32.2. The van der Waals surface area contributed by atoms with E-state index in [9.17, 15) is 13.2 Å². The molecule has 0 unspecified atom stereocenters. The lowest BCUT2D eigenvalue weighted by Gasteiger charge is -2.11. The third-order valence-electron chi connectivity index (χ3n) is 4.43. The summed E-state index contributed by atoms with van der Waals surface area (Å²) in [4.78, 5) is 15.9. The SMILES string of the molecule is COC(=O)c1ccc(S(=O)(=O)NCc2ccnc(Oc3ccc(OC)cc3)c2)c(C)c1. The van der Waals surface area contributed by atoms with Gasteiger partial charge in [-0.25, -0.2) is 22.9 Å². The molecule has 0 fully saturated rings. The molecule has 0 radical (unpaired) electrons. The van der Waals surface area contributed by atoms with Crippen molar-refractivity contribution < 1.29 is 27.4 Å². The average molecular weight is 442 g/mol. The average Bonchev–Trinajstić information content (AvgIpc) is 2.78. The van der Waals surface area contributed by atoms with E-state index in [0.29, 0.717) is 28.5 Å². The van der Waals surface area contributed by atoms with Crippen molar-refractivity contribution in [1.29, 1.82) is 0 Å². The summed E-state index contributed by atoms with van der Waals surface area (Å²) >= 11 is 0. The van der Waals surface area contributed by atoms with Crippen molar-refractivity contribution >= 4 is 16.0 Å². The Labute approximate surface area is 180 Å². The van der Waals surface area contributed by atoms with Gasteiger partial charge in [0, 0.05) is 18.8 Å². The number of aromatic nitrogens is 1. The van der Waals surface area contributed by atoms with Gasteiger partial charge >= 0.3 is 5.97 Å². The Morgan fingerprint density at radius 3 is 2.35 bits per heavy atom. The van der Waals surface area contributed by atoms with Crippen LogP contribution in [0.4, 0.5) is 0 Å². The van der Waals surface area contributed by atoms with Crippen molar-refractivity contribution in [3.63, 3.8) is 0 Å². The normalized spacial score (nSPS) is 11.1. The quantitative estimate of drug-likeness (QED) is 0.533. The zero-order valence-corrected chi connectivity index (χ0v) is 18.1. The third-order valence-corrected chi connectivity index (χ3v) is 5.99. The molecule has 3 rings (SSSR count). The zero-order valence-electron chi connectivity index (χ0n) is 17.3. The lowest BCUT2D eigenvalue weighted by Crippen LogP contribution is -2.24. The number of carbonyl (C=O) groups excluding carboxylic acids is 1. The molecule has 9 heteroatoms. The van der Waals surface area contributed by atoms with Crippen molar-refractivity contribution in [1.82, 2.24) is 9.71 Å². The molecule has 0 spiro atoms. The number of esters is 1. The van der Waals surface area contributed by atoms with Crippen molar-refractivity contribution in [2.75, 3.05) is 14.2 Å². The minimum atomic E-state index is -3.79. The first-order valence-electron chi connectivity index (χ1n) is 9.28. The minimum Gasteiger partial charge on any atom is -0.497 e. The van der Waals surface area contributed by atoms with Crippen LogP contribution in [0.15, 0.2) is 65.7 Å². The van der Waals surface area contributed by atoms with Crippen LogP contribution in [0.2, 0.25) is 0 Å². The van der Waals surface area contributed by atoms with E-state index >= 15 is 0 Å². The molecular weight excluding hydrogens is 420 g/mol. The van der Waals surface area contributed by atoms with Gasteiger partial charge in [0.25, 0.3) is 0 Å². The molecule has 0 saturated carbocycles. The van der Waals surface area contributed by atoms with E-state index in [1.165, 1.54) is 25.3 Å². The number of carbonyl (C=O) groups is 1. The van der Waals surface area contributed by atoms with Gasteiger partial charge in [-0.2, -0.15) is 0 Å². The fourth-order valence-electron chi connectivity index (χ4n) is 2.83. The van der Waals surface area contributed by atoms with Gasteiger partial charge in [0.1, 0.15) is 11.5 Å². The first kappa shape index (κ1) is 22.3. The number of benzene rings is 2. The molecule has 0 bridgehead atoms. The summed E-state index contributed by atoms with van der Waals surface area (Å²) in [7, 11) is -0.946. The van der Waals surface area contributed by atoms with Gasteiger partial charge in [0.05, 0.1) is 24.7 Å².